The molecule has 12 heteroatoms. The first-order valence-corrected chi connectivity index (χ1v) is 31.8. The molecule has 96 heavy (non-hydrogen) atoms. The minimum Gasteiger partial charge on any atom is -0.497 e. The second kappa shape index (κ2) is 35.9. The topological polar surface area (TPSA) is 145 Å². The van der Waals surface area contributed by atoms with Crippen molar-refractivity contribution in [1.29, 1.82) is 0 Å². The first-order valence-electron chi connectivity index (χ1n) is 31.8. The molecule has 0 saturated heterocycles. The van der Waals surface area contributed by atoms with Crippen molar-refractivity contribution in [2.24, 2.45) is 0 Å². The maximum absolute atomic E-state index is 9.00. The molecule has 0 aliphatic rings. The number of hydrogen-bond acceptors (Lipinski definition) is 8. The van der Waals surface area contributed by atoms with Gasteiger partial charge in [-0.3, -0.25) is 19.6 Å². The largest absolute Gasteiger partial charge is 2.00 e. The average Bonchev–Trinajstić information content (AvgIpc) is 0.818. The number of carboxylic acid groups (broad SMARTS) is 2. The van der Waals surface area contributed by atoms with Gasteiger partial charge in [0.1, 0.15) is 11.5 Å². The number of ether oxygens (including phenoxy) is 2. The summed E-state index contributed by atoms with van der Waals surface area (Å²) >= 11 is 0. The van der Waals surface area contributed by atoms with Crippen molar-refractivity contribution in [2.45, 2.75) is 211 Å². The molecule has 4 aromatic heterocycles. The molecule has 4 heterocycles. The Hall–Kier alpha value is -7.98. The SMILES string of the molecule is CC#CC#CC#CC.CC(=O)O.CC(=O)O.CC(C)(C)c1cc(Oc2[c-]c(-c3cc(C(C)(C)C)ccn3)cc(C(C)(C)C)c2)[c-]c(-c2ccccn2)c1.CC(C)(C)c1cc(Oc2cc(-c3cc(C(C)(C)C)ccn3)cc(C(C)(C)C)c2)cc(-c2cc(C(C)(C)C)ccn2)c1.[Pd+2].[Pd]. The van der Waals surface area contributed by atoms with Crippen LogP contribution in [-0.4, -0.2) is 42.1 Å². The van der Waals surface area contributed by atoms with Crippen molar-refractivity contribution >= 4 is 11.9 Å². The number of carboxylic acids is 2. The Balaban J connectivity index is 0.000000525. The zero-order valence-electron chi connectivity index (χ0n) is 61.2. The molecule has 8 aromatic rings. The maximum Gasteiger partial charge on any atom is 2.00 e. The van der Waals surface area contributed by atoms with Gasteiger partial charge in [0.05, 0.1) is 11.4 Å². The van der Waals surface area contributed by atoms with Gasteiger partial charge >= 0.3 is 20.4 Å². The van der Waals surface area contributed by atoms with Gasteiger partial charge < -0.3 is 29.7 Å². The predicted molar refractivity (Wildman–Crippen MR) is 389 cm³/mol. The van der Waals surface area contributed by atoms with Crippen LogP contribution >= 0.6 is 0 Å². The fourth-order valence-corrected chi connectivity index (χ4v) is 8.93. The van der Waals surface area contributed by atoms with Crippen LogP contribution in [0.25, 0.3) is 45.0 Å². The number of carbonyl (C=O) groups is 2. The molecule has 0 radical (unpaired) electrons. The van der Waals surface area contributed by atoms with Crippen LogP contribution < -0.4 is 9.47 Å². The Labute approximate surface area is 603 Å². The van der Waals surface area contributed by atoms with Crippen LogP contribution in [0, 0.1) is 47.7 Å². The minimum atomic E-state index is -0.833. The van der Waals surface area contributed by atoms with Crippen LogP contribution in [-0.2, 0) is 88.3 Å². The summed E-state index contributed by atoms with van der Waals surface area (Å²) in [5.74, 6) is 16.8. The quantitative estimate of drug-likeness (QED) is 0.0857. The molecule has 0 amide bonds. The summed E-state index contributed by atoms with van der Waals surface area (Å²) in [4.78, 5) is 36.8. The van der Waals surface area contributed by atoms with Crippen molar-refractivity contribution in [2.75, 3.05) is 0 Å². The van der Waals surface area contributed by atoms with Gasteiger partial charge in [0, 0.05) is 81.7 Å². The molecule has 0 spiro atoms. The van der Waals surface area contributed by atoms with Gasteiger partial charge in [0.15, 0.2) is 0 Å². The number of aliphatic carboxylic acids is 2. The molecule has 10 nitrogen and oxygen atoms in total. The first kappa shape index (κ1) is 84.1. The van der Waals surface area contributed by atoms with E-state index in [2.05, 4.69) is 295 Å². The Morgan fingerprint density at radius 3 is 0.979 bits per heavy atom. The van der Waals surface area contributed by atoms with Crippen molar-refractivity contribution in [3.05, 3.63) is 191 Å². The fourth-order valence-electron chi connectivity index (χ4n) is 8.93. The summed E-state index contributed by atoms with van der Waals surface area (Å²) < 4.78 is 13.2. The first-order chi connectivity index (χ1) is 43.4. The summed E-state index contributed by atoms with van der Waals surface area (Å²) in [7, 11) is 0. The number of benzene rings is 4. The molecular formula is C84H100N4O6Pd2. The number of rotatable bonds is 8. The molecule has 0 atom stereocenters. The van der Waals surface area contributed by atoms with E-state index in [1.807, 2.05) is 36.8 Å². The molecule has 2 N–H and O–H groups in total. The van der Waals surface area contributed by atoms with E-state index in [-0.39, 0.29) is 78.8 Å². The molecule has 512 valence electrons. The minimum absolute atomic E-state index is 0. The van der Waals surface area contributed by atoms with Crippen LogP contribution in [0.3, 0.4) is 0 Å². The maximum atomic E-state index is 9.00. The molecule has 0 aliphatic heterocycles. The van der Waals surface area contributed by atoms with E-state index >= 15 is 0 Å². The van der Waals surface area contributed by atoms with E-state index < -0.39 is 11.9 Å². The second-order valence-electron chi connectivity index (χ2n) is 30.3. The van der Waals surface area contributed by atoms with E-state index in [0.29, 0.717) is 11.5 Å². The third-order valence-electron chi connectivity index (χ3n) is 14.5. The van der Waals surface area contributed by atoms with E-state index in [9.17, 15) is 0 Å². The van der Waals surface area contributed by atoms with Gasteiger partial charge in [0.25, 0.3) is 11.9 Å². The smallest absolute Gasteiger partial charge is 0.497 e. The van der Waals surface area contributed by atoms with Gasteiger partial charge in [-0.2, -0.15) is 0 Å². The van der Waals surface area contributed by atoms with Crippen LogP contribution in [0.4, 0.5) is 0 Å². The molecule has 0 aliphatic carbocycles. The van der Waals surface area contributed by atoms with Gasteiger partial charge in [0.2, 0.25) is 0 Å². The second-order valence-corrected chi connectivity index (χ2v) is 30.3. The molecule has 0 fully saturated rings. The van der Waals surface area contributed by atoms with Crippen LogP contribution in [0.1, 0.15) is 212 Å². The van der Waals surface area contributed by atoms with Crippen LogP contribution in [0.2, 0.25) is 0 Å². The van der Waals surface area contributed by atoms with E-state index in [1.165, 1.54) is 27.8 Å². The van der Waals surface area contributed by atoms with Crippen molar-refractivity contribution in [1.82, 2.24) is 19.9 Å². The van der Waals surface area contributed by atoms with Crippen molar-refractivity contribution in [3.8, 4) is 104 Å². The molecule has 0 saturated carbocycles. The molecule has 8 rings (SSSR count). The summed E-state index contributed by atoms with van der Waals surface area (Å²) in [6.45, 7) is 52.4. The number of nitrogens with zero attached hydrogens (tertiary/aromatic N) is 4. The monoisotopic (exact) mass is 1470 g/mol. The third kappa shape index (κ3) is 28.0. The average molecular weight is 1470 g/mol. The number of aromatic nitrogens is 4. The fraction of sp³-hybridized carbons (Fsp3) is 0.381. The Morgan fingerprint density at radius 1 is 0.365 bits per heavy atom. The van der Waals surface area contributed by atoms with Crippen molar-refractivity contribution < 1.29 is 70.1 Å². The number of hydrogen-bond donors (Lipinski definition) is 2. The molecule has 0 unspecified atom stereocenters. The van der Waals surface area contributed by atoms with Gasteiger partial charge in [-0.1, -0.05) is 200 Å². The normalized spacial score (nSPS) is 11.1. The summed E-state index contributed by atoms with van der Waals surface area (Å²) in [6, 6.07) is 47.3. The van der Waals surface area contributed by atoms with Gasteiger partial charge in [-0.25, -0.2) is 0 Å². The third-order valence-corrected chi connectivity index (χ3v) is 14.5. The zero-order valence-corrected chi connectivity index (χ0v) is 64.3. The molecular weight excluding hydrogens is 1370 g/mol. The Bertz CT molecular complexity index is 3930. The van der Waals surface area contributed by atoms with E-state index in [1.54, 1.807) is 20.0 Å². The van der Waals surface area contributed by atoms with Gasteiger partial charge in [-0.15, -0.1) is 34.4 Å². The van der Waals surface area contributed by atoms with E-state index in [0.717, 1.165) is 81.5 Å². The summed E-state index contributed by atoms with van der Waals surface area (Å²) in [6.07, 6.45) is 7.52. The van der Waals surface area contributed by atoms with Crippen LogP contribution in [0.15, 0.2) is 140 Å². The predicted octanol–water partition coefficient (Wildman–Crippen LogP) is 21.1. The molecule has 0 bridgehead atoms. The van der Waals surface area contributed by atoms with Crippen LogP contribution in [0.5, 0.6) is 23.0 Å². The standard InChI is InChI=1S/C38H48N2O.C34H38N2O.C8H6.2C2H4O2.2Pd/c1-35(2,3)27-13-15-39-33(23-27)25-17-29(37(7,8)9)21-31(19-25)41-32-20-26(18-30(22-32)38(10,11)12)34-24-28(14-16-40-34)36(4,5)6;1-32(2,3)25-13-15-36-31(22-25)24-17-27(34(7,8)9)21-29(19-24)37-28-18-23(30-12-10-11-14-35-30)16-26(20-28)33(4,5)6;1-3-5-7-8-6-4-2;2*1-2(3)4;;/h13-24H,1-12H3;10-17,20-22H,1-9H3;1-2H3;2*1H3,(H,3,4);;/q;-2;;;;;+2. The summed E-state index contributed by atoms with van der Waals surface area (Å²) in [5.41, 5.74) is 16.0. The molecule has 4 aromatic carbocycles. The van der Waals surface area contributed by atoms with Crippen molar-refractivity contribution in [3.63, 3.8) is 0 Å². The number of pyridine rings is 4. The summed E-state index contributed by atoms with van der Waals surface area (Å²) in [5, 5.41) is 14.8. The zero-order chi connectivity index (χ0) is 70.8. The Kier molecular flexibility index (Phi) is 31.4. The van der Waals surface area contributed by atoms with E-state index in [4.69, 9.17) is 44.2 Å². The Morgan fingerprint density at radius 2 is 0.667 bits per heavy atom. The van der Waals surface area contributed by atoms with Gasteiger partial charge in [-0.05, 0) is 187 Å².